The molecule has 148 valence electrons. The largest absolute Gasteiger partial charge is 0.297 e. The Bertz CT molecular complexity index is 982. The third kappa shape index (κ3) is 5.88. The number of aromatic nitrogens is 1. The molecule has 29 heavy (non-hydrogen) atoms. The third-order valence-corrected chi connectivity index (χ3v) is 5.47. The van der Waals surface area contributed by atoms with Crippen molar-refractivity contribution < 1.29 is 4.79 Å². The van der Waals surface area contributed by atoms with E-state index in [4.69, 9.17) is 21.8 Å². The van der Waals surface area contributed by atoms with Gasteiger partial charge in [-0.15, -0.1) is 11.3 Å². The van der Waals surface area contributed by atoms with Gasteiger partial charge in [-0.1, -0.05) is 54.1 Å². The van der Waals surface area contributed by atoms with E-state index in [1.807, 2.05) is 71.9 Å². The number of rotatable bonds is 8. The van der Waals surface area contributed by atoms with Gasteiger partial charge in [0.2, 0.25) is 5.91 Å². The molecule has 0 N–H and O–H groups in total. The molecular weight excluding hydrogens is 404 g/mol. The molecule has 2 aromatic carbocycles. The van der Waals surface area contributed by atoms with Gasteiger partial charge in [-0.05, 0) is 24.7 Å². The number of carbonyl (C=O) groups is 1. The van der Waals surface area contributed by atoms with Gasteiger partial charge < -0.3 is 0 Å². The van der Waals surface area contributed by atoms with Gasteiger partial charge in [-0.25, -0.2) is 4.98 Å². The highest BCUT2D eigenvalue weighted by Crippen LogP contribution is 2.29. The number of hydrogen-bond acceptors (Lipinski definition) is 5. The molecular formula is C22H21ClN4OS. The van der Waals surface area contributed by atoms with Crippen molar-refractivity contribution in [1.29, 1.82) is 5.26 Å². The fourth-order valence-corrected chi connectivity index (χ4v) is 3.78. The molecule has 0 fully saturated rings. The average Bonchev–Trinajstić information content (AvgIpc) is 3.21. The van der Waals surface area contributed by atoms with Crippen LogP contribution in [-0.2, 0) is 11.3 Å². The van der Waals surface area contributed by atoms with E-state index in [2.05, 4.69) is 6.07 Å². The lowest BCUT2D eigenvalue weighted by Gasteiger charge is -2.23. The Morgan fingerprint density at radius 2 is 1.90 bits per heavy atom. The molecule has 0 aliphatic rings. The van der Waals surface area contributed by atoms with Crippen LogP contribution in [0.3, 0.4) is 0 Å². The van der Waals surface area contributed by atoms with E-state index in [1.165, 1.54) is 11.3 Å². The number of nitriles is 1. The van der Waals surface area contributed by atoms with Crippen LogP contribution in [0.25, 0.3) is 11.3 Å². The monoisotopic (exact) mass is 424 g/mol. The molecule has 5 nitrogen and oxygen atoms in total. The smallest absolute Gasteiger partial charge is 0.243 e. The van der Waals surface area contributed by atoms with Gasteiger partial charge in [0.25, 0.3) is 0 Å². The van der Waals surface area contributed by atoms with E-state index in [1.54, 1.807) is 4.90 Å². The molecule has 0 saturated carbocycles. The number of amides is 1. The Kier molecular flexibility index (Phi) is 7.36. The van der Waals surface area contributed by atoms with E-state index in [-0.39, 0.29) is 12.5 Å². The molecule has 0 aliphatic heterocycles. The number of halogens is 1. The molecule has 0 aliphatic carbocycles. The fraction of sp³-hybridized carbons (Fsp3) is 0.227. The van der Waals surface area contributed by atoms with Crippen LogP contribution in [0.15, 0.2) is 60.0 Å². The molecule has 1 heterocycles. The summed E-state index contributed by atoms with van der Waals surface area (Å²) < 4.78 is 0. The van der Waals surface area contributed by atoms with Gasteiger partial charge in [0, 0.05) is 28.9 Å². The van der Waals surface area contributed by atoms with Crippen LogP contribution in [0.5, 0.6) is 0 Å². The lowest BCUT2D eigenvalue weighted by molar-refractivity contribution is -0.119. The maximum absolute atomic E-state index is 13.1. The highest BCUT2D eigenvalue weighted by atomic mass is 35.5. The van der Waals surface area contributed by atoms with Crippen LogP contribution >= 0.6 is 22.9 Å². The van der Waals surface area contributed by atoms with Crippen molar-refractivity contribution in [3.63, 3.8) is 0 Å². The lowest BCUT2D eigenvalue weighted by atomic mass is 10.2. The van der Waals surface area contributed by atoms with Crippen LogP contribution < -0.4 is 4.90 Å². The number of anilines is 1. The first-order valence-electron chi connectivity index (χ1n) is 9.18. The summed E-state index contributed by atoms with van der Waals surface area (Å²) in [5.74, 6) is -0.0497. The quantitative estimate of drug-likeness (QED) is 0.519. The summed E-state index contributed by atoms with van der Waals surface area (Å²) >= 11 is 7.42. The summed E-state index contributed by atoms with van der Waals surface area (Å²) in [5.41, 5.74) is 2.80. The topological polar surface area (TPSA) is 60.2 Å². The van der Waals surface area contributed by atoms with Crippen molar-refractivity contribution >= 4 is 34.0 Å². The van der Waals surface area contributed by atoms with Gasteiger partial charge in [0.05, 0.1) is 24.9 Å². The lowest BCUT2D eigenvalue weighted by Crippen LogP contribution is -2.39. The molecule has 0 unspecified atom stereocenters. The number of likely N-dealkylation sites (N-methyl/N-ethyl adjacent to an activating group) is 1. The molecule has 0 saturated heterocycles. The van der Waals surface area contributed by atoms with Crippen molar-refractivity contribution in [3.05, 3.63) is 70.6 Å². The Labute approximate surface area is 179 Å². The van der Waals surface area contributed by atoms with E-state index in [0.717, 1.165) is 16.8 Å². The molecule has 0 atom stereocenters. The minimum absolute atomic E-state index is 0.0497. The predicted octanol–water partition coefficient (Wildman–Crippen LogP) is 4.84. The van der Waals surface area contributed by atoms with Crippen molar-refractivity contribution in [1.82, 2.24) is 9.88 Å². The highest BCUT2D eigenvalue weighted by molar-refractivity contribution is 7.14. The van der Waals surface area contributed by atoms with Crippen LogP contribution in [0, 0.1) is 11.3 Å². The second-order valence-electron chi connectivity index (χ2n) is 6.63. The summed E-state index contributed by atoms with van der Waals surface area (Å²) in [6.07, 6.45) is 0.389. The van der Waals surface area contributed by atoms with Gasteiger partial charge in [0.1, 0.15) is 0 Å². The van der Waals surface area contributed by atoms with Crippen LogP contribution in [0.1, 0.15) is 12.0 Å². The van der Waals surface area contributed by atoms with Gasteiger partial charge in [-0.3, -0.25) is 14.6 Å². The Balaban J connectivity index is 1.83. The normalized spacial score (nSPS) is 10.7. The fourth-order valence-electron chi connectivity index (χ4n) is 2.81. The first-order valence-corrected chi connectivity index (χ1v) is 10.4. The summed E-state index contributed by atoms with van der Waals surface area (Å²) in [7, 11) is 1.84. The number of nitrogens with zero attached hydrogens (tertiary/aromatic N) is 4. The van der Waals surface area contributed by atoms with Crippen LogP contribution in [-0.4, -0.2) is 35.9 Å². The summed E-state index contributed by atoms with van der Waals surface area (Å²) in [4.78, 5) is 21.3. The van der Waals surface area contributed by atoms with Crippen molar-refractivity contribution in [2.24, 2.45) is 0 Å². The van der Waals surface area contributed by atoms with Crippen LogP contribution in [0.4, 0.5) is 5.13 Å². The van der Waals surface area contributed by atoms with E-state index in [9.17, 15) is 4.79 Å². The number of thiazole rings is 1. The maximum Gasteiger partial charge on any atom is 0.243 e. The van der Waals surface area contributed by atoms with Gasteiger partial charge in [-0.2, -0.15) is 5.26 Å². The minimum atomic E-state index is -0.0497. The van der Waals surface area contributed by atoms with E-state index >= 15 is 0 Å². The first-order chi connectivity index (χ1) is 14.1. The summed E-state index contributed by atoms with van der Waals surface area (Å²) in [5, 5.41) is 12.0. The maximum atomic E-state index is 13.1. The zero-order chi connectivity index (χ0) is 20.6. The second kappa shape index (κ2) is 10.2. The zero-order valence-electron chi connectivity index (χ0n) is 16.1. The SMILES string of the molecule is CN(CCC#N)CC(=O)N(Cc1ccccc1)c1nc(-c2ccc(Cl)cc2)cs1. The first kappa shape index (κ1) is 21.0. The number of carbonyl (C=O) groups excluding carboxylic acids is 1. The number of benzene rings is 2. The highest BCUT2D eigenvalue weighted by Gasteiger charge is 2.21. The minimum Gasteiger partial charge on any atom is -0.297 e. The van der Waals surface area contributed by atoms with Crippen LogP contribution in [0.2, 0.25) is 5.02 Å². The Morgan fingerprint density at radius 1 is 1.17 bits per heavy atom. The zero-order valence-corrected chi connectivity index (χ0v) is 17.7. The predicted molar refractivity (Wildman–Crippen MR) is 118 cm³/mol. The Morgan fingerprint density at radius 3 is 2.59 bits per heavy atom. The molecule has 3 rings (SSSR count). The van der Waals surface area contributed by atoms with Crippen molar-refractivity contribution in [2.45, 2.75) is 13.0 Å². The standard InChI is InChI=1S/C22H21ClN4OS/c1-26(13-5-12-24)15-21(28)27(14-17-6-3-2-4-7-17)22-25-20(16-29-22)18-8-10-19(23)11-9-18/h2-4,6-11,16H,5,13-15H2,1H3. The summed E-state index contributed by atoms with van der Waals surface area (Å²) in [6, 6.07) is 19.4. The molecule has 7 heteroatoms. The van der Waals surface area contributed by atoms with Gasteiger partial charge in [0.15, 0.2) is 5.13 Å². The second-order valence-corrected chi connectivity index (χ2v) is 7.91. The van der Waals surface area contributed by atoms with Crippen molar-refractivity contribution in [2.75, 3.05) is 25.0 Å². The number of hydrogen-bond donors (Lipinski definition) is 0. The molecule has 1 amide bonds. The molecule has 0 radical (unpaired) electrons. The summed E-state index contributed by atoms with van der Waals surface area (Å²) in [6.45, 7) is 1.22. The molecule has 3 aromatic rings. The van der Waals surface area contributed by atoms with Gasteiger partial charge >= 0.3 is 0 Å². The molecule has 1 aromatic heterocycles. The van der Waals surface area contributed by atoms with E-state index in [0.29, 0.717) is 29.7 Å². The average molecular weight is 425 g/mol. The molecule has 0 spiro atoms. The van der Waals surface area contributed by atoms with Crippen molar-refractivity contribution in [3.8, 4) is 17.3 Å². The third-order valence-electron chi connectivity index (χ3n) is 4.36. The van der Waals surface area contributed by atoms with E-state index < -0.39 is 0 Å². The Hall–Kier alpha value is -2.72. The molecule has 0 bridgehead atoms.